The topological polar surface area (TPSA) is 108 Å². The Labute approximate surface area is 204 Å². The Morgan fingerprint density at radius 3 is 2.57 bits per heavy atom. The number of carbonyl (C=O) groups excluding carboxylic acids is 1. The lowest BCUT2D eigenvalue weighted by molar-refractivity contribution is -0.115. The summed E-state index contributed by atoms with van der Waals surface area (Å²) in [7, 11) is 5.19. The molecule has 1 amide bonds. The van der Waals surface area contributed by atoms with Gasteiger partial charge in [-0.2, -0.15) is 5.10 Å². The highest BCUT2D eigenvalue weighted by molar-refractivity contribution is 5.70. The first-order chi connectivity index (χ1) is 16.7. The van der Waals surface area contributed by atoms with Gasteiger partial charge in [0.25, 0.3) is 0 Å². The average molecular weight is 482 g/mol. The summed E-state index contributed by atoms with van der Waals surface area (Å²) in [6.07, 6.45) is 5.71. The molecule has 1 aromatic carbocycles. The van der Waals surface area contributed by atoms with Crippen molar-refractivity contribution in [3.8, 4) is 23.2 Å². The Morgan fingerprint density at radius 2 is 2.00 bits per heavy atom. The molecule has 0 spiro atoms. The van der Waals surface area contributed by atoms with Gasteiger partial charge in [-0.25, -0.2) is 9.37 Å². The van der Waals surface area contributed by atoms with Crippen molar-refractivity contribution in [1.82, 2.24) is 19.3 Å². The smallest absolute Gasteiger partial charge is 0.214 e. The third kappa shape index (κ3) is 5.96. The molecule has 2 aliphatic heterocycles. The lowest BCUT2D eigenvalue weighted by atomic mass is 9.75. The molecule has 35 heavy (non-hydrogen) atoms. The lowest BCUT2D eigenvalue weighted by Gasteiger charge is -2.35. The molecule has 1 saturated carbocycles. The van der Waals surface area contributed by atoms with Crippen LogP contribution in [0.25, 0.3) is 11.4 Å². The summed E-state index contributed by atoms with van der Waals surface area (Å²) in [5.74, 6) is 6.00. The summed E-state index contributed by atoms with van der Waals surface area (Å²) in [4.78, 5) is 13.9. The summed E-state index contributed by atoms with van der Waals surface area (Å²) >= 11 is 0. The molecule has 1 aliphatic carbocycles. The van der Waals surface area contributed by atoms with Gasteiger partial charge in [0.15, 0.2) is 0 Å². The van der Waals surface area contributed by atoms with Crippen LogP contribution in [0.3, 0.4) is 0 Å². The molecule has 2 aromatic heterocycles. The maximum absolute atomic E-state index is 14.6. The van der Waals surface area contributed by atoms with Gasteiger partial charge in [0, 0.05) is 70.0 Å². The number of nitrogens with zero attached hydrogens (tertiary/aromatic N) is 4. The van der Waals surface area contributed by atoms with Gasteiger partial charge in [0.2, 0.25) is 5.91 Å². The highest BCUT2D eigenvalue weighted by Gasteiger charge is 2.40. The number of aryl methyl sites for hydroxylation is 1. The highest BCUT2D eigenvalue weighted by Crippen LogP contribution is 2.52. The number of primary amides is 1. The summed E-state index contributed by atoms with van der Waals surface area (Å²) in [5, 5.41) is 13.7. The number of aliphatic hydroxyl groups is 1. The van der Waals surface area contributed by atoms with Crippen molar-refractivity contribution in [2.45, 2.75) is 51.2 Å². The number of halogens is 1. The molecule has 0 unspecified atom stereocenters. The van der Waals surface area contributed by atoms with Crippen LogP contribution >= 0.6 is 0 Å². The number of rotatable bonds is 2. The third-order valence-corrected chi connectivity index (χ3v) is 5.87. The number of imidazole rings is 1. The Morgan fingerprint density at radius 1 is 1.34 bits per heavy atom. The van der Waals surface area contributed by atoms with Crippen LogP contribution in [0.4, 0.5) is 4.39 Å². The molecule has 6 rings (SSSR count). The van der Waals surface area contributed by atoms with Crippen molar-refractivity contribution >= 4 is 5.91 Å². The highest BCUT2D eigenvalue weighted by atomic mass is 19.1. The van der Waals surface area contributed by atoms with Crippen molar-refractivity contribution in [2.24, 2.45) is 12.8 Å². The first-order valence-corrected chi connectivity index (χ1v) is 11.4. The number of methoxy groups -OCH3 is 1. The van der Waals surface area contributed by atoms with E-state index in [2.05, 4.69) is 32.0 Å². The van der Waals surface area contributed by atoms with E-state index in [1.165, 1.54) is 6.92 Å². The molecule has 8 nitrogen and oxygen atoms in total. The SMILES string of the molecule is CC(N)=O.COC.C[C@@H](O)C#Cc1cc2c(cc1F)C1CC(C1)n1c(Cc3ccnn3C)cnc1-2. The second kappa shape index (κ2) is 11.3. The second-order valence-electron chi connectivity index (χ2n) is 8.77. The second-order valence-corrected chi connectivity index (χ2v) is 8.77. The van der Waals surface area contributed by atoms with E-state index in [1.807, 2.05) is 24.0 Å². The average Bonchev–Trinajstić information content (AvgIpc) is 3.27. The molecule has 2 bridgehead atoms. The molecule has 3 N–H and O–H groups in total. The van der Waals surface area contributed by atoms with Gasteiger partial charge < -0.3 is 20.1 Å². The molecule has 3 aromatic rings. The van der Waals surface area contributed by atoms with Gasteiger partial charge in [-0.3, -0.25) is 9.48 Å². The standard InChI is InChI=1S/C22H21FN4O.C2H5NO.C2H6O/c1-13(28)3-4-14-9-20-19(11-21(14)23)15-7-17(8-15)27-18(12-24-22(20)27)10-16-5-6-25-26(16)2;1-2(3)4;1-3-2/h5-6,9,11-13,15,17,28H,7-8,10H2,1-2H3;1H3,(H2,3,4);1-2H3/t13-,15?,17?;;/m1../s1. The summed E-state index contributed by atoms with van der Waals surface area (Å²) in [6, 6.07) is 5.84. The number of hydrogen-bond donors (Lipinski definition) is 2. The first kappa shape index (κ1) is 26.1. The van der Waals surface area contributed by atoms with E-state index < -0.39 is 6.10 Å². The Hall–Kier alpha value is -3.48. The lowest BCUT2D eigenvalue weighted by Crippen LogP contribution is -2.24. The van der Waals surface area contributed by atoms with Crippen molar-refractivity contribution in [2.75, 3.05) is 14.2 Å². The van der Waals surface area contributed by atoms with Gasteiger partial charge in [-0.05, 0) is 49.4 Å². The first-order valence-electron chi connectivity index (χ1n) is 11.4. The van der Waals surface area contributed by atoms with Crippen LogP contribution in [0.1, 0.15) is 61.2 Å². The molecular weight excluding hydrogens is 449 g/mol. The van der Waals surface area contributed by atoms with Gasteiger partial charge in [-0.1, -0.05) is 11.8 Å². The molecule has 186 valence electrons. The molecule has 0 radical (unpaired) electrons. The van der Waals surface area contributed by atoms with Gasteiger partial charge in [0.1, 0.15) is 17.7 Å². The van der Waals surface area contributed by atoms with E-state index in [9.17, 15) is 14.3 Å². The largest absolute Gasteiger partial charge is 0.388 e. The molecule has 0 saturated heterocycles. The molecule has 4 heterocycles. The quantitative estimate of drug-likeness (QED) is 0.547. The Balaban J connectivity index is 0.000000438. The minimum Gasteiger partial charge on any atom is -0.388 e. The minimum atomic E-state index is -0.793. The number of amides is 1. The van der Waals surface area contributed by atoms with Crippen LogP contribution < -0.4 is 5.73 Å². The predicted octanol–water partition coefficient (Wildman–Crippen LogP) is 2.93. The number of benzene rings is 1. The van der Waals surface area contributed by atoms with E-state index in [4.69, 9.17) is 4.98 Å². The monoisotopic (exact) mass is 481 g/mol. The minimum absolute atomic E-state index is 0.307. The predicted molar refractivity (Wildman–Crippen MR) is 131 cm³/mol. The number of aliphatic hydroxyl groups excluding tert-OH is 1. The molecular formula is C26H32FN5O3. The zero-order valence-electron chi connectivity index (χ0n) is 20.7. The molecule has 9 heteroatoms. The number of ether oxygens (including phenoxy) is 1. The number of hydrogen-bond acceptors (Lipinski definition) is 5. The molecule has 3 aliphatic rings. The van der Waals surface area contributed by atoms with Crippen LogP contribution in [0, 0.1) is 17.7 Å². The van der Waals surface area contributed by atoms with E-state index in [0.29, 0.717) is 17.5 Å². The van der Waals surface area contributed by atoms with E-state index in [1.54, 1.807) is 39.5 Å². The van der Waals surface area contributed by atoms with E-state index in [-0.39, 0.29) is 11.7 Å². The van der Waals surface area contributed by atoms with E-state index in [0.717, 1.165) is 47.6 Å². The van der Waals surface area contributed by atoms with Gasteiger partial charge in [0.05, 0.1) is 5.56 Å². The third-order valence-electron chi connectivity index (χ3n) is 5.87. The van der Waals surface area contributed by atoms with Crippen LogP contribution in [-0.4, -0.2) is 50.7 Å². The van der Waals surface area contributed by atoms with Crippen LogP contribution in [0.15, 0.2) is 30.6 Å². The van der Waals surface area contributed by atoms with Crippen molar-refractivity contribution < 1.29 is 19.0 Å². The molecule has 1 fully saturated rings. The van der Waals surface area contributed by atoms with Crippen LogP contribution in [0.2, 0.25) is 0 Å². The summed E-state index contributed by atoms with van der Waals surface area (Å²) in [5.41, 5.74) is 9.04. The zero-order valence-corrected chi connectivity index (χ0v) is 20.7. The van der Waals surface area contributed by atoms with Gasteiger partial charge >= 0.3 is 0 Å². The van der Waals surface area contributed by atoms with Crippen molar-refractivity contribution in [1.29, 1.82) is 0 Å². The van der Waals surface area contributed by atoms with Crippen molar-refractivity contribution in [3.63, 3.8) is 0 Å². The summed E-state index contributed by atoms with van der Waals surface area (Å²) in [6.45, 7) is 2.88. The zero-order chi connectivity index (χ0) is 25.7. The van der Waals surface area contributed by atoms with Crippen LogP contribution in [-0.2, 0) is 23.0 Å². The van der Waals surface area contributed by atoms with Gasteiger partial charge in [-0.15, -0.1) is 0 Å². The fourth-order valence-electron chi connectivity index (χ4n) is 4.34. The number of carbonyl (C=O) groups is 1. The Kier molecular flexibility index (Phi) is 8.43. The molecule has 1 atom stereocenters. The fourth-order valence-corrected chi connectivity index (χ4v) is 4.34. The number of nitrogens with two attached hydrogens (primary N) is 1. The van der Waals surface area contributed by atoms with E-state index >= 15 is 0 Å². The van der Waals surface area contributed by atoms with Crippen LogP contribution in [0.5, 0.6) is 0 Å². The summed E-state index contributed by atoms with van der Waals surface area (Å²) < 4.78 is 23.1. The maximum atomic E-state index is 14.6. The maximum Gasteiger partial charge on any atom is 0.214 e. The number of aromatic nitrogens is 4. The fraction of sp³-hybridized carbons (Fsp3) is 0.423. The normalized spacial score (nSPS) is 17.5. The Bertz CT molecular complexity index is 1240. The van der Waals surface area contributed by atoms with Crippen molar-refractivity contribution in [3.05, 3.63) is 58.9 Å².